The standard InChI is InChI=1S/C15H8ClF3N2O2/c16-9-5-6-14(20-8-9)22-12-4-2-1-3-10(12)11-7-13(23-21-11)15(17,18)19/h1-8H. The third-order valence-corrected chi connectivity index (χ3v) is 3.09. The lowest BCUT2D eigenvalue weighted by Crippen LogP contribution is -2.02. The molecule has 0 amide bonds. The second-order valence-corrected chi connectivity index (χ2v) is 4.92. The lowest BCUT2D eigenvalue weighted by molar-refractivity contribution is -0.155. The molecule has 0 aliphatic carbocycles. The molecule has 4 nitrogen and oxygen atoms in total. The van der Waals surface area contributed by atoms with Gasteiger partial charge in [0.1, 0.15) is 11.4 Å². The Bertz CT molecular complexity index is 816. The van der Waals surface area contributed by atoms with Crippen LogP contribution in [0.15, 0.2) is 53.2 Å². The van der Waals surface area contributed by atoms with Crippen molar-refractivity contribution in [3.63, 3.8) is 0 Å². The maximum Gasteiger partial charge on any atom is 0.452 e. The van der Waals surface area contributed by atoms with Gasteiger partial charge in [-0.05, 0) is 18.2 Å². The zero-order valence-corrected chi connectivity index (χ0v) is 12.1. The number of ether oxygens (including phenoxy) is 1. The molecule has 0 aliphatic rings. The minimum atomic E-state index is -4.60. The molecular formula is C15H8ClF3N2O2. The summed E-state index contributed by atoms with van der Waals surface area (Å²) >= 11 is 5.74. The van der Waals surface area contributed by atoms with Gasteiger partial charge in [0.05, 0.1) is 5.02 Å². The molecule has 0 radical (unpaired) electrons. The molecule has 0 bridgehead atoms. The van der Waals surface area contributed by atoms with E-state index in [0.29, 0.717) is 16.3 Å². The SMILES string of the molecule is FC(F)(F)c1cc(-c2ccccc2Oc2ccc(Cl)cn2)no1. The second-order valence-electron chi connectivity index (χ2n) is 4.49. The molecule has 3 rings (SSSR count). The first-order valence-corrected chi connectivity index (χ1v) is 6.74. The van der Waals surface area contributed by atoms with Gasteiger partial charge in [-0.2, -0.15) is 13.2 Å². The highest BCUT2D eigenvalue weighted by Gasteiger charge is 2.36. The first kappa shape index (κ1) is 15.4. The summed E-state index contributed by atoms with van der Waals surface area (Å²) in [5.41, 5.74) is 0.366. The predicted octanol–water partition coefficient (Wildman–Crippen LogP) is 5.20. The lowest BCUT2D eigenvalue weighted by atomic mass is 10.1. The molecule has 3 aromatic rings. The quantitative estimate of drug-likeness (QED) is 0.657. The van der Waals surface area contributed by atoms with Crippen molar-refractivity contribution < 1.29 is 22.4 Å². The largest absolute Gasteiger partial charge is 0.452 e. The number of alkyl halides is 3. The van der Waals surface area contributed by atoms with Gasteiger partial charge in [-0.1, -0.05) is 28.9 Å². The van der Waals surface area contributed by atoms with Crippen LogP contribution >= 0.6 is 11.6 Å². The average molecular weight is 341 g/mol. The molecule has 0 saturated heterocycles. The van der Waals surface area contributed by atoms with E-state index in [2.05, 4.69) is 14.7 Å². The number of nitrogens with zero attached hydrogens (tertiary/aromatic N) is 2. The zero-order valence-electron chi connectivity index (χ0n) is 11.3. The van der Waals surface area contributed by atoms with Crippen LogP contribution in [0, 0.1) is 0 Å². The van der Waals surface area contributed by atoms with Crippen molar-refractivity contribution in [2.24, 2.45) is 0 Å². The molecule has 0 fully saturated rings. The molecule has 0 atom stereocenters. The fourth-order valence-electron chi connectivity index (χ4n) is 1.84. The first-order chi connectivity index (χ1) is 10.9. The summed E-state index contributed by atoms with van der Waals surface area (Å²) in [4.78, 5) is 3.97. The molecule has 8 heteroatoms. The third kappa shape index (κ3) is 3.45. The van der Waals surface area contributed by atoms with Gasteiger partial charge in [0.2, 0.25) is 11.6 Å². The Morgan fingerprint density at radius 1 is 1.09 bits per heavy atom. The number of halogens is 4. The molecule has 1 aromatic carbocycles. The lowest BCUT2D eigenvalue weighted by Gasteiger charge is -2.08. The van der Waals surface area contributed by atoms with E-state index in [1.165, 1.54) is 6.20 Å². The van der Waals surface area contributed by atoms with Gasteiger partial charge < -0.3 is 9.26 Å². The summed E-state index contributed by atoms with van der Waals surface area (Å²) in [5.74, 6) is -0.627. The van der Waals surface area contributed by atoms with Crippen molar-refractivity contribution in [2.45, 2.75) is 6.18 Å². The second kappa shape index (κ2) is 5.92. The molecule has 23 heavy (non-hydrogen) atoms. The predicted molar refractivity (Wildman–Crippen MR) is 76.3 cm³/mol. The van der Waals surface area contributed by atoms with Gasteiger partial charge in [0.15, 0.2) is 0 Å². The first-order valence-electron chi connectivity index (χ1n) is 6.36. The van der Waals surface area contributed by atoms with E-state index in [1.54, 1.807) is 36.4 Å². The molecule has 0 N–H and O–H groups in total. The zero-order chi connectivity index (χ0) is 16.4. The topological polar surface area (TPSA) is 48.2 Å². The van der Waals surface area contributed by atoms with Gasteiger partial charge in [-0.3, -0.25) is 0 Å². The summed E-state index contributed by atoms with van der Waals surface area (Å²) in [7, 11) is 0. The molecule has 0 spiro atoms. The molecule has 2 aromatic heterocycles. The summed E-state index contributed by atoms with van der Waals surface area (Å²) in [6.45, 7) is 0. The molecule has 0 saturated carbocycles. The van der Waals surface area contributed by atoms with E-state index in [9.17, 15) is 13.2 Å². The van der Waals surface area contributed by atoms with Crippen LogP contribution in [-0.2, 0) is 6.18 Å². The van der Waals surface area contributed by atoms with Crippen LogP contribution in [0.1, 0.15) is 5.76 Å². The summed E-state index contributed by atoms with van der Waals surface area (Å²) in [6.07, 6.45) is -3.20. The number of hydrogen-bond acceptors (Lipinski definition) is 4. The van der Waals surface area contributed by atoms with Crippen molar-refractivity contribution in [3.8, 4) is 22.9 Å². The van der Waals surface area contributed by atoms with Crippen LogP contribution in [0.3, 0.4) is 0 Å². The van der Waals surface area contributed by atoms with Crippen molar-refractivity contribution in [1.82, 2.24) is 10.1 Å². The van der Waals surface area contributed by atoms with Gasteiger partial charge in [0, 0.05) is 23.9 Å². The minimum Gasteiger partial charge on any atom is -0.438 e. The highest BCUT2D eigenvalue weighted by Crippen LogP contribution is 2.36. The van der Waals surface area contributed by atoms with E-state index < -0.39 is 11.9 Å². The van der Waals surface area contributed by atoms with Crippen LogP contribution in [0.5, 0.6) is 11.6 Å². The fourth-order valence-corrected chi connectivity index (χ4v) is 1.95. The maximum absolute atomic E-state index is 12.6. The Kier molecular flexibility index (Phi) is 3.96. The van der Waals surface area contributed by atoms with Crippen LogP contribution < -0.4 is 4.74 Å². The summed E-state index contributed by atoms with van der Waals surface area (Å²) in [5, 5.41) is 3.89. The minimum absolute atomic E-state index is 0.0156. The number of rotatable bonds is 3. The van der Waals surface area contributed by atoms with E-state index in [-0.39, 0.29) is 11.6 Å². The Morgan fingerprint density at radius 3 is 2.52 bits per heavy atom. The Balaban J connectivity index is 1.94. The fraction of sp³-hybridized carbons (Fsp3) is 0.0667. The normalized spacial score (nSPS) is 11.5. The number of pyridine rings is 1. The summed E-state index contributed by atoms with van der Waals surface area (Å²) < 4.78 is 47.8. The van der Waals surface area contributed by atoms with Crippen molar-refractivity contribution in [1.29, 1.82) is 0 Å². The van der Waals surface area contributed by atoms with Gasteiger partial charge in [0.25, 0.3) is 0 Å². The molecule has 0 aliphatic heterocycles. The number of benzene rings is 1. The smallest absolute Gasteiger partial charge is 0.438 e. The number of para-hydroxylation sites is 1. The number of aromatic nitrogens is 2. The monoisotopic (exact) mass is 340 g/mol. The maximum atomic E-state index is 12.6. The average Bonchev–Trinajstić information content (AvgIpc) is 3.00. The molecule has 0 unspecified atom stereocenters. The van der Waals surface area contributed by atoms with Crippen LogP contribution in [-0.4, -0.2) is 10.1 Å². The Hall–Kier alpha value is -2.54. The Morgan fingerprint density at radius 2 is 1.87 bits per heavy atom. The molecular weight excluding hydrogens is 333 g/mol. The highest BCUT2D eigenvalue weighted by molar-refractivity contribution is 6.30. The van der Waals surface area contributed by atoms with Crippen molar-refractivity contribution in [2.75, 3.05) is 0 Å². The van der Waals surface area contributed by atoms with E-state index >= 15 is 0 Å². The highest BCUT2D eigenvalue weighted by atomic mass is 35.5. The number of hydrogen-bond donors (Lipinski definition) is 0. The van der Waals surface area contributed by atoms with Crippen molar-refractivity contribution >= 4 is 11.6 Å². The third-order valence-electron chi connectivity index (χ3n) is 2.87. The van der Waals surface area contributed by atoms with Crippen LogP contribution in [0.4, 0.5) is 13.2 Å². The molecule has 118 valence electrons. The van der Waals surface area contributed by atoms with E-state index in [4.69, 9.17) is 16.3 Å². The Labute approximate surface area is 133 Å². The summed E-state index contributed by atoms with van der Waals surface area (Å²) in [6, 6.07) is 10.4. The van der Waals surface area contributed by atoms with Gasteiger partial charge in [-0.25, -0.2) is 4.98 Å². The van der Waals surface area contributed by atoms with Crippen LogP contribution in [0.2, 0.25) is 5.02 Å². The van der Waals surface area contributed by atoms with Crippen LogP contribution in [0.25, 0.3) is 11.3 Å². The van der Waals surface area contributed by atoms with Gasteiger partial charge >= 0.3 is 6.18 Å². The van der Waals surface area contributed by atoms with Gasteiger partial charge in [-0.15, -0.1) is 0 Å². The van der Waals surface area contributed by atoms with Crippen molar-refractivity contribution in [3.05, 3.63) is 59.4 Å². The van der Waals surface area contributed by atoms with E-state index in [0.717, 1.165) is 6.07 Å². The molecule has 2 heterocycles. The van der Waals surface area contributed by atoms with E-state index in [1.807, 2.05) is 0 Å².